The van der Waals surface area contributed by atoms with Gasteiger partial charge in [-0.25, -0.2) is 0 Å². The molecule has 0 nitrogen and oxygen atoms in total. The fourth-order valence-corrected chi connectivity index (χ4v) is 12.8. The highest BCUT2D eigenvalue weighted by Gasteiger charge is 2.45. The third kappa shape index (κ3) is 6.57. The van der Waals surface area contributed by atoms with Crippen molar-refractivity contribution in [2.24, 2.45) is 0 Å². The van der Waals surface area contributed by atoms with Gasteiger partial charge in [-0.1, -0.05) is 255 Å². The minimum absolute atomic E-state index is 0.162. The molecule has 1 unspecified atom stereocenters. The molecule has 1 atom stereocenters. The number of rotatable bonds is 9. The van der Waals surface area contributed by atoms with Gasteiger partial charge in [0.2, 0.25) is 0 Å². The molecule has 0 amide bonds. The van der Waals surface area contributed by atoms with Crippen LogP contribution in [-0.4, -0.2) is 0 Å². The smallest absolute Gasteiger partial charge is 0.0713 e. The van der Waals surface area contributed by atoms with Crippen molar-refractivity contribution in [2.75, 3.05) is 0 Å². The van der Waals surface area contributed by atoms with Gasteiger partial charge in [0, 0.05) is 26.1 Å². The molecular weight excluding hydrogens is 837 g/mol. The highest BCUT2D eigenvalue weighted by Crippen LogP contribution is 2.56. The zero-order valence-electron chi connectivity index (χ0n) is 37.5. The first-order valence-corrected chi connectivity index (χ1v) is 24.6. The lowest BCUT2D eigenvalue weighted by molar-refractivity contribution is 0.769. The Labute approximate surface area is 402 Å². The van der Waals surface area contributed by atoms with Gasteiger partial charge < -0.3 is 0 Å². The second-order valence-corrected chi connectivity index (χ2v) is 19.3. The summed E-state index contributed by atoms with van der Waals surface area (Å²) in [7, 11) is 0. The van der Waals surface area contributed by atoms with E-state index in [9.17, 15) is 0 Å². The molecule has 1 heteroatoms. The van der Waals surface area contributed by atoms with Crippen molar-refractivity contribution in [3.8, 4) is 44.5 Å². The Kier molecular flexibility index (Phi) is 9.84. The first kappa shape index (κ1) is 40.2. The summed E-state index contributed by atoms with van der Waals surface area (Å²) < 4.78 is 2.66. The maximum atomic E-state index is 2.40. The number of hydrogen-bond acceptors (Lipinski definition) is 1. The van der Waals surface area contributed by atoms with Crippen molar-refractivity contribution in [3.05, 3.63) is 300 Å². The van der Waals surface area contributed by atoms with Crippen molar-refractivity contribution >= 4 is 42.3 Å². The summed E-state index contributed by atoms with van der Waals surface area (Å²) in [6.07, 6.45) is 0.887. The number of fused-ring (bicyclic) bond motifs is 7. The fraction of sp³-hybridized carbons (Fsp3) is 0.0448. The van der Waals surface area contributed by atoms with Crippen LogP contribution in [0, 0.1) is 0 Å². The van der Waals surface area contributed by atoms with Crippen molar-refractivity contribution < 1.29 is 0 Å². The molecule has 0 aliphatic heterocycles. The van der Waals surface area contributed by atoms with Crippen LogP contribution in [0.4, 0.5) is 0 Å². The summed E-state index contributed by atoms with van der Waals surface area (Å²) in [5.74, 6) is 0.162. The fourth-order valence-electron chi connectivity index (χ4n) is 11.5. The predicted molar refractivity (Wildman–Crippen MR) is 289 cm³/mol. The van der Waals surface area contributed by atoms with Crippen molar-refractivity contribution in [1.82, 2.24) is 0 Å². The molecule has 11 aromatic carbocycles. The van der Waals surface area contributed by atoms with E-state index in [1.165, 1.54) is 114 Å². The lowest BCUT2D eigenvalue weighted by Crippen LogP contribution is -2.28. The normalized spacial score (nSPS) is 13.1. The quantitative estimate of drug-likeness (QED) is 0.135. The van der Waals surface area contributed by atoms with Gasteiger partial charge in [0.05, 0.1) is 5.41 Å². The molecule has 0 N–H and O–H groups in total. The Morgan fingerprint density at radius 3 is 1.50 bits per heavy atom. The third-order valence-corrected chi connectivity index (χ3v) is 15.9. The molecule has 0 radical (unpaired) electrons. The molecule has 320 valence electrons. The highest BCUT2D eigenvalue weighted by atomic mass is 32.1. The van der Waals surface area contributed by atoms with Crippen molar-refractivity contribution in [2.45, 2.75) is 17.8 Å². The van der Waals surface area contributed by atoms with E-state index < -0.39 is 5.41 Å². The van der Waals surface area contributed by atoms with Gasteiger partial charge in [0.1, 0.15) is 0 Å². The van der Waals surface area contributed by atoms with E-state index in [1.54, 1.807) is 0 Å². The number of thiophene rings is 1. The lowest BCUT2D eigenvalue weighted by Gasteiger charge is -2.34. The topological polar surface area (TPSA) is 0 Å². The van der Waals surface area contributed by atoms with Crippen LogP contribution in [0.15, 0.2) is 261 Å². The van der Waals surface area contributed by atoms with Crippen LogP contribution >= 0.6 is 11.3 Å². The molecule has 1 aliphatic carbocycles. The molecule has 1 heterocycles. The summed E-state index contributed by atoms with van der Waals surface area (Å²) in [6, 6.07) is 97.1. The molecule has 13 rings (SSSR count). The summed E-state index contributed by atoms with van der Waals surface area (Å²) in [4.78, 5) is 0. The molecule has 0 bridgehead atoms. The first-order chi connectivity index (χ1) is 33.7. The second kappa shape index (κ2) is 16.7. The van der Waals surface area contributed by atoms with E-state index in [4.69, 9.17) is 0 Å². The van der Waals surface area contributed by atoms with Crippen LogP contribution in [0.25, 0.3) is 75.5 Å². The molecule has 0 fully saturated rings. The molecule has 0 spiro atoms. The van der Waals surface area contributed by atoms with Crippen LogP contribution in [-0.2, 0) is 11.8 Å². The predicted octanol–water partition coefficient (Wildman–Crippen LogP) is 17.9. The van der Waals surface area contributed by atoms with Gasteiger partial charge >= 0.3 is 0 Å². The van der Waals surface area contributed by atoms with Crippen LogP contribution < -0.4 is 0 Å². The van der Waals surface area contributed by atoms with Crippen LogP contribution in [0.3, 0.4) is 0 Å². The lowest BCUT2D eigenvalue weighted by atomic mass is 9.67. The molecule has 0 saturated heterocycles. The van der Waals surface area contributed by atoms with Gasteiger partial charge in [-0.2, -0.15) is 0 Å². The molecule has 68 heavy (non-hydrogen) atoms. The molecule has 1 aromatic heterocycles. The van der Waals surface area contributed by atoms with E-state index >= 15 is 0 Å². The first-order valence-electron chi connectivity index (χ1n) is 23.7. The Hall–Kier alpha value is -8.10. The third-order valence-electron chi connectivity index (χ3n) is 14.7. The van der Waals surface area contributed by atoms with E-state index in [1.807, 2.05) is 11.3 Å². The van der Waals surface area contributed by atoms with E-state index in [0.29, 0.717) is 0 Å². The average Bonchev–Trinajstić information content (AvgIpc) is 3.96. The highest BCUT2D eigenvalue weighted by molar-refractivity contribution is 7.26. The van der Waals surface area contributed by atoms with Crippen LogP contribution in [0.2, 0.25) is 0 Å². The average molecular weight is 883 g/mol. The maximum absolute atomic E-state index is 2.40. The zero-order chi connectivity index (χ0) is 45.0. The number of benzene rings is 11. The molecular formula is C67H46S. The van der Waals surface area contributed by atoms with Crippen LogP contribution in [0.5, 0.6) is 0 Å². The van der Waals surface area contributed by atoms with Gasteiger partial charge in [-0.15, -0.1) is 11.3 Å². The summed E-state index contributed by atoms with van der Waals surface area (Å²) in [5.41, 5.74) is 18.8. The molecule has 0 saturated carbocycles. The molecule has 1 aliphatic rings. The van der Waals surface area contributed by atoms with Crippen molar-refractivity contribution in [3.63, 3.8) is 0 Å². The van der Waals surface area contributed by atoms with Gasteiger partial charge in [0.25, 0.3) is 0 Å². The Balaban J connectivity index is 0.917. The maximum Gasteiger partial charge on any atom is 0.0713 e. The van der Waals surface area contributed by atoms with E-state index in [0.717, 1.165) is 6.42 Å². The summed E-state index contributed by atoms with van der Waals surface area (Å²) >= 11 is 1.92. The molecule has 12 aromatic rings. The van der Waals surface area contributed by atoms with Gasteiger partial charge in [0.15, 0.2) is 0 Å². The Morgan fingerprint density at radius 2 is 0.838 bits per heavy atom. The van der Waals surface area contributed by atoms with Gasteiger partial charge in [-0.3, -0.25) is 0 Å². The summed E-state index contributed by atoms with van der Waals surface area (Å²) in [6.45, 7) is 0. The van der Waals surface area contributed by atoms with E-state index in [-0.39, 0.29) is 5.92 Å². The second-order valence-electron chi connectivity index (χ2n) is 18.2. The minimum atomic E-state index is -0.470. The number of hydrogen-bond donors (Lipinski definition) is 0. The standard InChI is InChI=1S/C67H46S/c1-3-16-45(17-4-1)47-32-34-51(35-33-47)61(57-27-13-21-49-20-7-8-23-55(49)57)44-52-22-14-31-64-65(52)60-28-15-26-56(66(60)68-64)50-38-42-54(43-39-50)67(53-40-36-48(37-41-53)46-18-5-2-6-19-46)62-29-11-9-24-58(62)59-25-10-12-30-63(59)67/h1-43,61H,44H2. The zero-order valence-corrected chi connectivity index (χ0v) is 38.3. The Morgan fingerprint density at radius 1 is 0.353 bits per heavy atom. The Bertz CT molecular complexity index is 3740. The van der Waals surface area contributed by atoms with Gasteiger partial charge in [-0.05, 0) is 107 Å². The largest absolute Gasteiger partial charge is 0.135 e. The summed E-state index contributed by atoms with van der Waals surface area (Å²) in [5, 5.41) is 5.29. The van der Waals surface area contributed by atoms with E-state index in [2.05, 4.69) is 261 Å². The van der Waals surface area contributed by atoms with Crippen LogP contribution in [0.1, 0.15) is 44.9 Å². The van der Waals surface area contributed by atoms with Crippen molar-refractivity contribution in [1.29, 1.82) is 0 Å². The monoisotopic (exact) mass is 882 g/mol. The minimum Gasteiger partial charge on any atom is -0.135 e. The SMILES string of the molecule is c1ccc(-c2ccc(C(Cc3cccc4sc5c(-c6ccc(C7(c8ccc(-c9ccccc9)cc8)c8ccccc8-c8ccccc87)cc6)cccc5c34)c3cccc4ccccc34)cc2)cc1.